The molecule has 3 heterocycles. The lowest BCUT2D eigenvalue weighted by Crippen LogP contribution is -2.28. The maximum atomic E-state index is 12.8. The Morgan fingerprint density at radius 1 is 1.10 bits per heavy atom. The predicted octanol–water partition coefficient (Wildman–Crippen LogP) is 4.01. The molecule has 0 spiro atoms. The van der Waals surface area contributed by atoms with Gasteiger partial charge in [-0.05, 0) is 54.8 Å². The maximum absolute atomic E-state index is 12.8. The molecule has 5 rings (SSSR count). The highest BCUT2D eigenvalue weighted by Crippen LogP contribution is 2.35. The van der Waals surface area contributed by atoms with Gasteiger partial charge >= 0.3 is 0 Å². The van der Waals surface area contributed by atoms with Gasteiger partial charge in [-0.15, -0.1) is 0 Å². The molecule has 1 N–H and O–H groups in total. The summed E-state index contributed by atoms with van der Waals surface area (Å²) in [6, 6.07) is 13.9. The Balaban J connectivity index is 1.24. The summed E-state index contributed by atoms with van der Waals surface area (Å²) in [7, 11) is 0. The number of hydrogen-bond donors (Lipinski definition) is 1. The van der Waals surface area contributed by atoms with Crippen molar-refractivity contribution >= 4 is 45.8 Å². The summed E-state index contributed by atoms with van der Waals surface area (Å²) in [6.07, 6.45) is 0.234. The molecule has 1 saturated heterocycles. The number of anilines is 2. The zero-order chi connectivity index (χ0) is 21.5. The van der Waals surface area contributed by atoms with Gasteiger partial charge in [-0.3, -0.25) is 14.6 Å². The van der Waals surface area contributed by atoms with Crippen molar-refractivity contribution in [2.75, 3.05) is 29.9 Å². The van der Waals surface area contributed by atoms with Crippen LogP contribution in [0.25, 0.3) is 5.70 Å². The van der Waals surface area contributed by atoms with Gasteiger partial charge in [-0.1, -0.05) is 30.0 Å². The highest BCUT2D eigenvalue weighted by atomic mass is 32.2. The summed E-state index contributed by atoms with van der Waals surface area (Å²) >= 11 is 1.66. The number of fused-ring (bicyclic) bond motifs is 1. The smallest absolute Gasteiger partial charge is 0.229 e. The number of amides is 2. The third-order valence-corrected chi connectivity index (χ3v) is 7.02. The Morgan fingerprint density at radius 3 is 2.68 bits per heavy atom. The predicted molar refractivity (Wildman–Crippen MR) is 126 cm³/mol. The van der Waals surface area contributed by atoms with E-state index in [1.54, 1.807) is 16.7 Å². The van der Waals surface area contributed by atoms with Gasteiger partial charge in [0.15, 0.2) is 5.17 Å². The number of benzene rings is 2. The molecule has 0 aromatic heterocycles. The van der Waals surface area contributed by atoms with Crippen molar-refractivity contribution < 1.29 is 9.59 Å². The number of nitrogens with one attached hydrogen (secondary N) is 1. The zero-order valence-corrected chi connectivity index (χ0v) is 18.4. The van der Waals surface area contributed by atoms with E-state index in [4.69, 9.17) is 0 Å². The number of aryl methyl sites for hydroxylation is 2. The molecule has 1 fully saturated rings. The zero-order valence-electron chi connectivity index (χ0n) is 17.6. The molecule has 2 aromatic rings. The van der Waals surface area contributed by atoms with E-state index in [0.717, 1.165) is 46.5 Å². The fourth-order valence-electron chi connectivity index (χ4n) is 4.14. The Kier molecular flexibility index (Phi) is 5.06. The van der Waals surface area contributed by atoms with Crippen LogP contribution in [0.2, 0.25) is 0 Å². The van der Waals surface area contributed by atoms with Crippen LogP contribution in [-0.2, 0) is 9.59 Å². The van der Waals surface area contributed by atoms with Gasteiger partial charge in [0.2, 0.25) is 11.8 Å². The van der Waals surface area contributed by atoms with Gasteiger partial charge in [0.25, 0.3) is 0 Å². The van der Waals surface area contributed by atoms with E-state index in [-0.39, 0.29) is 24.2 Å². The lowest BCUT2D eigenvalue weighted by molar-refractivity contribution is -0.122. The Morgan fingerprint density at radius 2 is 1.90 bits per heavy atom. The molecule has 2 aromatic carbocycles. The summed E-state index contributed by atoms with van der Waals surface area (Å²) in [5, 5.41) is 6.17. The molecule has 31 heavy (non-hydrogen) atoms. The number of carbonyl (C=O) groups excluding carboxylic acids is 2. The molecule has 6 nitrogen and oxygen atoms in total. The molecule has 0 aliphatic carbocycles. The van der Waals surface area contributed by atoms with Gasteiger partial charge in [0, 0.05) is 36.3 Å². The molecule has 2 amide bonds. The Bertz CT molecular complexity index is 1120. The summed E-state index contributed by atoms with van der Waals surface area (Å²) in [6.45, 7) is 6.25. The minimum absolute atomic E-state index is 0.00694. The fourth-order valence-corrected chi connectivity index (χ4v) is 5.10. The second kappa shape index (κ2) is 7.89. The third kappa shape index (κ3) is 3.74. The molecule has 3 aliphatic heterocycles. The van der Waals surface area contributed by atoms with Crippen LogP contribution in [0.5, 0.6) is 0 Å². The molecule has 0 radical (unpaired) electrons. The average molecular weight is 433 g/mol. The molecule has 0 bridgehead atoms. The van der Waals surface area contributed by atoms with Crippen LogP contribution in [0, 0.1) is 19.8 Å². The van der Waals surface area contributed by atoms with E-state index in [0.29, 0.717) is 6.54 Å². The lowest BCUT2D eigenvalue weighted by Gasteiger charge is -2.18. The number of aliphatic imine (C=N–C) groups is 1. The number of carbonyl (C=O) groups is 2. The Labute approximate surface area is 186 Å². The second-order valence-corrected chi connectivity index (χ2v) is 9.01. The number of hydrogen-bond acceptors (Lipinski definition) is 5. The quantitative estimate of drug-likeness (QED) is 0.793. The summed E-state index contributed by atoms with van der Waals surface area (Å²) in [5.74, 6) is -0.476. The highest BCUT2D eigenvalue weighted by Gasteiger charge is 2.35. The first-order valence-electron chi connectivity index (χ1n) is 10.5. The number of rotatable bonds is 4. The number of nitrogens with zero attached hydrogens (tertiary/aromatic N) is 3. The SMILES string of the molecule is Cc1ccc(N2CC(C(=O)Nc3ccc(C4=CSC5=NCCN45)cc3)CC2=O)cc1C. The van der Waals surface area contributed by atoms with Gasteiger partial charge in [0.1, 0.15) is 0 Å². The van der Waals surface area contributed by atoms with Crippen molar-refractivity contribution in [1.82, 2.24) is 4.90 Å². The van der Waals surface area contributed by atoms with E-state index in [1.165, 1.54) is 5.56 Å². The first-order valence-corrected chi connectivity index (χ1v) is 11.4. The van der Waals surface area contributed by atoms with Crippen LogP contribution in [-0.4, -0.2) is 41.5 Å². The van der Waals surface area contributed by atoms with Crippen molar-refractivity contribution in [1.29, 1.82) is 0 Å². The van der Waals surface area contributed by atoms with Crippen molar-refractivity contribution in [3.63, 3.8) is 0 Å². The van der Waals surface area contributed by atoms with E-state index >= 15 is 0 Å². The summed E-state index contributed by atoms with van der Waals surface area (Å²) < 4.78 is 0. The summed E-state index contributed by atoms with van der Waals surface area (Å²) in [5.41, 5.74) is 6.20. The van der Waals surface area contributed by atoms with E-state index in [9.17, 15) is 9.59 Å². The third-order valence-electron chi connectivity index (χ3n) is 6.11. The molecular weight excluding hydrogens is 408 g/mol. The molecule has 1 atom stereocenters. The van der Waals surface area contributed by atoms with Gasteiger partial charge < -0.3 is 15.1 Å². The van der Waals surface area contributed by atoms with Crippen LogP contribution in [0.15, 0.2) is 52.9 Å². The van der Waals surface area contributed by atoms with Gasteiger partial charge in [-0.2, -0.15) is 0 Å². The average Bonchev–Trinajstić information content (AvgIpc) is 3.47. The standard InChI is InChI=1S/C24H24N4O2S/c1-15-3-8-20(11-16(15)2)28-13-18(12-22(28)29)23(30)26-19-6-4-17(5-7-19)21-14-31-24-25-9-10-27(21)24/h3-8,11,14,18H,9-10,12-13H2,1-2H3,(H,26,30). The van der Waals surface area contributed by atoms with E-state index in [1.807, 2.05) is 56.3 Å². The second-order valence-electron chi connectivity index (χ2n) is 8.18. The van der Waals surface area contributed by atoms with Crippen LogP contribution in [0.4, 0.5) is 11.4 Å². The van der Waals surface area contributed by atoms with Crippen LogP contribution >= 0.6 is 11.8 Å². The van der Waals surface area contributed by atoms with Crippen molar-refractivity contribution in [3.05, 3.63) is 64.6 Å². The first-order chi connectivity index (χ1) is 15.0. The molecule has 0 saturated carbocycles. The van der Waals surface area contributed by atoms with E-state index < -0.39 is 0 Å². The normalized spacial score (nSPS) is 20.1. The lowest BCUT2D eigenvalue weighted by atomic mass is 10.1. The van der Waals surface area contributed by atoms with Crippen molar-refractivity contribution in [2.45, 2.75) is 20.3 Å². The molecule has 7 heteroatoms. The largest absolute Gasteiger partial charge is 0.326 e. The highest BCUT2D eigenvalue weighted by molar-refractivity contribution is 8.16. The summed E-state index contributed by atoms with van der Waals surface area (Å²) in [4.78, 5) is 33.8. The minimum atomic E-state index is -0.355. The molecule has 3 aliphatic rings. The van der Waals surface area contributed by atoms with Crippen LogP contribution < -0.4 is 10.2 Å². The topological polar surface area (TPSA) is 65.0 Å². The van der Waals surface area contributed by atoms with E-state index in [2.05, 4.69) is 20.6 Å². The van der Waals surface area contributed by atoms with Gasteiger partial charge in [-0.25, -0.2) is 0 Å². The Hall–Kier alpha value is -3.06. The maximum Gasteiger partial charge on any atom is 0.229 e. The van der Waals surface area contributed by atoms with Crippen molar-refractivity contribution in [2.24, 2.45) is 10.9 Å². The number of thioether (sulfide) groups is 1. The van der Waals surface area contributed by atoms with Crippen LogP contribution in [0.1, 0.15) is 23.1 Å². The van der Waals surface area contributed by atoms with Crippen molar-refractivity contribution in [3.8, 4) is 0 Å². The minimum Gasteiger partial charge on any atom is -0.326 e. The molecule has 1 unspecified atom stereocenters. The molecular formula is C24H24N4O2S. The fraction of sp³-hybridized carbons (Fsp3) is 0.292. The monoisotopic (exact) mass is 432 g/mol. The number of amidine groups is 1. The first kappa shape index (κ1) is 19.9. The van der Waals surface area contributed by atoms with Gasteiger partial charge in [0.05, 0.1) is 18.2 Å². The van der Waals surface area contributed by atoms with Crippen LogP contribution in [0.3, 0.4) is 0 Å². The molecule has 158 valence electrons.